The van der Waals surface area contributed by atoms with E-state index in [0.29, 0.717) is 18.1 Å². The average Bonchev–Trinajstić information content (AvgIpc) is 2.85. The van der Waals surface area contributed by atoms with E-state index in [4.69, 9.17) is 9.26 Å². The van der Waals surface area contributed by atoms with Crippen LogP contribution >= 0.6 is 11.8 Å². The van der Waals surface area contributed by atoms with Gasteiger partial charge in [-0.3, -0.25) is 4.79 Å². The number of rotatable bonds is 8. The number of carbonyl (C=O) groups is 1. The number of thioether (sulfide) groups is 1. The first-order valence-corrected chi connectivity index (χ1v) is 8.37. The lowest BCUT2D eigenvalue weighted by Crippen LogP contribution is -2.29. The lowest BCUT2D eigenvalue weighted by atomic mass is 10.2. The molecule has 0 atom stereocenters. The highest BCUT2D eigenvalue weighted by atomic mass is 32.2. The number of aryl methyl sites for hydroxylation is 2. The summed E-state index contributed by atoms with van der Waals surface area (Å²) in [6.45, 7) is 4.29. The zero-order chi connectivity index (χ0) is 16.7. The van der Waals surface area contributed by atoms with Crippen molar-refractivity contribution in [2.24, 2.45) is 0 Å². The first-order valence-electron chi connectivity index (χ1n) is 7.21. The van der Waals surface area contributed by atoms with Crippen molar-refractivity contribution < 1.29 is 18.4 Å². The van der Waals surface area contributed by atoms with Gasteiger partial charge >= 0.3 is 0 Å². The summed E-state index contributed by atoms with van der Waals surface area (Å²) in [6.07, 6.45) is 0. The Hall–Kier alpha value is -2.02. The van der Waals surface area contributed by atoms with Gasteiger partial charge in [0.1, 0.15) is 12.4 Å². The number of aromatic nitrogens is 1. The third-order valence-electron chi connectivity index (χ3n) is 3.18. The number of nitrogens with one attached hydrogen (secondary N) is 1. The smallest absolute Gasteiger partial charge is 0.230 e. The van der Waals surface area contributed by atoms with Crippen molar-refractivity contribution in [3.63, 3.8) is 0 Å². The Balaban J connectivity index is 1.61. The number of benzene rings is 1. The molecule has 124 valence electrons. The molecule has 5 nitrogen and oxygen atoms in total. The van der Waals surface area contributed by atoms with Gasteiger partial charge in [0.05, 0.1) is 18.0 Å². The molecular formula is C16H19FN2O3S. The van der Waals surface area contributed by atoms with E-state index in [1.807, 2.05) is 13.8 Å². The van der Waals surface area contributed by atoms with Crippen LogP contribution in [0, 0.1) is 19.7 Å². The van der Waals surface area contributed by atoms with Crippen molar-refractivity contribution in [3.8, 4) is 5.75 Å². The molecule has 2 aromatic rings. The maximum atomic E-state index is 13.3. The second kappa shape index (κ2) is 8.57. The Morgan fingerprint density at radius 3 is 2.87 bits per heavy atom. The number of para-hydroxylation sites is 1. The van der Waals surface area contributed by atoms with Crippen LogP contribution in [0.25, 0.3) is 0 Å². The van der Waals surface area contributed by atoms with Crippen molar-refractivity contribution in [3.05, 3.63) is 47.1 Å². The molecule has 0 unspecified atom stereocenters. The van der Waals surface area contributed by atoms with Crippen LogP contribution < -0.4 is 10.1 Å². The molecule has 0 radical (unpaired) electrons. The van der Waals surface area contributed by atoms with Crippen molar-refractivity contribution in [1.82, 2.24) is 10.5 Å². The molecule has 0 fully saturated rings. The minimum absolute atomic E-state index is 0.0844. The third-order valence-corrected chi connectivity index (χ3v) is 4.14. The summed E-state index contributed by atoms with van der Waals surface area (Å²) in [4.78, 5) is 11.7. The van der Waals surface area contributed by atoms with Crippen LogP contribution in [0.5, 0.6) is 5.75 Å². The molecule has 0 aliphatic carbocycles. The second-order valence-corrected chi connectivity index (χ2v) is 5.91. The number of hydrogen-bond donors (Lipinski definition) is 1. The summed E-state index contributed by atoms with van der Waals surface area (Å²) in [5, 5.41) is 6.61. The molecular weight excluding hydrogens is 319 g/mol. The Bertz CT molecular complexity index is 641. The first kappa shape index (κ1) is 17.3. The van der Waals surface area contributed by atoms with Gasteiger partial charge in [-0.05, 0) is 26.0 Å². The minimum Gasteiger partial charge on any atom is -0.489 e. The van der Waals surface area contributed by atoms with Crippen molar-refractivity contribution in [2.75, 3.05) is 18.9 Å². The fourth-order valence-corrected chi connectivity index (χ4v) is 2.92. The molecule has 2 rings (SSSR count). The number of ether oxygens (including phenoxy) is 1. The van der Waals surface area contributed by atoms with E-state index in [9.17, 15) is 9.18 Å². The molecule has 1 N–H and O–H groups in total. The van der Waals surface area contributed by atoms with Crippen LogP contribution in [0.1, 0.15) is 17.0 Å². The van der Waals surface area contributed by atoms with Gasteiger partial charge in [0, 0.05) is 11.3 Å². The molecule has 1 amide bonds. The highest BCUT2D eigenvalue weighted by molar-refractivity contribution is 7.99. The van der Waals surface area contributed by atoms with Gasteiger partial charge in [-0.25, -0.2) is 4.39 Å². The maximum absolute atomic E-state index is 13.3. The van der Waals surface area contributed by atoms with Gasteiger partial charge in [-0.1, -0.05) is 17.3 Å². The van der Waals surface area contributed by atoms with Crippen molar-refractivity contribution in [1.29, 1.82) is 0 Å². The number of nitrogens with zero attached hydrogens (tertiary/aromatic N) is 1. The van der Waals surface area contributed by atoms with Crippen molar-refractivity contribution in [2.45, 2.75) is 19.6 Å². The molecule has 0 saturated heterocycles. The number of amides is 1. The van der Waals surface area contributed by atoms with Crippen molar-refractivity contribution >= 4 is 17.7 Å². The van der Waals surface area contributed by atoms with Gasteiger partial charge in [-0.15, -0.1) is 11.8 Å². The fourth-order valence-electron chi connectivity index (χ4n) is 1.92. The van der Waals surface area contributed by atoms with E-state index < -0.39 is 5.82 Å². The van der Waals surface area contributed by atoms with Gasteiger partial charge in [-0.2, -0.15) is 0 Å². The minimum atomic E-state index is -0.408. The largest absolute Gasteiger partial charge is 0.489 e. The normalized spacial score (nSPS) is 10.6. The summed E-state index contributed by atoms with van der Waals surface area (Å²) in [7, 11) is 0. The standard InChI is InChI=1S/C16H19FN2O3S/c1-11-13(12(2)22-19-11)9-23-10-16(20)18-7-8-21-15-6-4-3-5-14(15)17/h3-6H,7-10H2,1-2H3,(H,18,20). The van der Waals surface area contributed by atoms with E-state index in [-0.39, 0.29) is 18.3 Å². The van der Waals surface area contributed by atoms with E-state index in [2.05, 4.69) is 10.5 Å². The molecule has 0 aliphatic rings. The lowest BCUT2D eigenvalue weighted by Gasteiger charge is -2.08. The van der Waals surface area contributed by atoms with E-state index >= 15 is 0 Å². The van der Waals surface area contributed by atoms with Crippen LogP contribution in [0.3, 0.4) is 0 Å². The summed E-state index contributed by atoms with van der Waals surface area (Å²) < 4.78 is 23.7. The summed E-state index contributed by atoms with van der Waals surface area (Å²) >= 11 is 1.49. The molecule has 0 aliphatic heterocycles. The molecule has 0 bridgehead atoms. The second-order valence-electron chi connectivity index (χ2n) is 4.92. The lowest BCUT2D eigenvalue weighted by molar-refractivity contribution is -0.118. The number of carbonyl (C=O) groups excluding carboxylic acids is 1. The molecule has 23 heavy (non-hydrogen) atoms. The monoisotopic (exact) mass is 338 g/mol. The molecule has 7 heteroatoms. The van der Waals surface area contributed by atoms with Gasteiger partial charge < -0.3 is 14.6 Å². The summed E-state index contributed by atoms with van der Waals surface area (Å²) in [5.74, 6) is 1.50. The number of hydrogen-bond acceptors (Lipinski definition) is 5. The van der Waals surface area contributed by atoms with E-state index in [0.717, 1.165) is 17.0 Å². The molecule has 0 spiro atoms. The predicted molar refractivity (Wildman–Crippen MR) is 87.0 cm³/mol. The SMILES string of the molecule is Cc1noc(C)c1CSCC(=O)NCCOc1ccccc1F. The molecule has 1 aromatic carbocycles. The Morgan fingerprint density at radius 1 is 1.39 bits per heavy atom. The Kier molecular flexibility index (Phi) is 6.46. The third kappa shape index (κ3) is 5.28. The maximum Gasteiger partial charge on any atom is 0.230 e. The van der Waals surface area contributed by atoms with Crippen LogP contribution in [0.4, 0.5) is 4.39 Å². The van der Waals surface area contributed by atoms with Gasteiger partial charge in [0.15, 0.2) is 11.6 Å². The first-order chi connectivity index (χ1) is 11.1. The van der Waals surface area contributed by atoms with E-state index in [1.54, 1.807) is 18.2 Å². The van der Waals surface area contributed by atoms with Crippen LogP contribution in [0.2, 0.25) is 0 Å². The molecule has 1 aromatic heterocycles. The van der Waals surface area contributed by atoms with Crippen LogP contribution in [-0.2, 0) is 10.5 Å². The highest BCUT2D eigenvalue weighted by Gasteiger charge is 2.10. The fraction of sp³-hybridized carbons (Fsp3) is 0.375. The zero-order valence-electron chi connectivity index (χ0n) is 13.1. The topological polar surface area (TPSA) is 64.4 Å². The highest BCUT2D eigenvalue weighted by Crippen LogP contribution is 2.19. The number of halogens is 1. The summed E-state index contributed by atoms with van der Waals surface area (Å²) in [5.41, 5.74) is 1.89. The van der Waals surface area contributed by atoms with Crippen LogP contribution in [-0.4, -0.2) is 30.0 Å². The quantitative estimate of drug-likeness (QED) is 0.750. The zero-order valence-corrected chi connectivity index (χ0v) is 13.9. The Labute approximate surface area is 138 Å². The van der Waals surface area contributed by atoms with Gasteiger partial charge in [0.25, 0.3) is 0 Å². The van der Waals surface area contributed by atoms with E-state index in [1.165, 1.54) is 17.8 Å². The van der Waals surface area contributed by atoms with Crippen LogP contribution in [0.15, 0.2) is 28.8 Å². The predicted octanol–water partition coefficient (Wildman–Crippen LogP) is 2.86. The summed E-state index contributed by atoms with van der Waals surface area (Å²) in [6, 6.07) is 6.18. The van der Waals surface area contributed by atoms with Gasteiger partial charge in [0.2, 0.25) is 5.91 Å². The average molecular weight is 338 g/mol. The molecule has 1 heterocycles. The Morgan fingerprint density at radius 2 is 2.17 bits per heavy atom. The molecule has 0 saturated carbocycles.